The number of thiazole rings is 1. The van der Waals surface area contributed by atoms with Crippen LogP contribution in [0.5, 0.6) is 0 Å². The molecule has 9 nitrogen and oxygen atoms in total. The van der Waals surface area contributed by atoms with Crippen molar-refractivity contribution in [1.29, 1.82) is 0 Å². The number of benzene rings is 1. The standard InChI is InChI=1S/C24H31N5O4S2/c25-35(32,33)20-8-4-7-19(15-20)27-22(30)21-16-34-23(28-21)18-10-13-29(14-11-18)24(31)26-12-9-17-5-2-1-3-6-17/h4-5,7-8,15-16,18H,1-3,6,9-14H2,(H,26,31)(H,27,30)(H2,25,32,33). The molecular weight excluding hydrogens is 486 g/mol. The molecule has 11 heteroatoms. The van der Waals surface area contributed by atoms with Gasteiger partial charge in [-0.05, 0) is 63.1 Å². The van der Waals surface area contributed by atoms with Crippen LogP contribution < -0.4 is 15.8 Å². The third-order valence-corrected chi connectivity index (χ3v) is 8.33. The summed E-state index contributed by atoms with van der Waals surface area (Å²) in [6.45, 7) is 1.98. The summed E-state index contributed by atoms with van der Waals surface area (Å²) in [4.78, 5) is 31.4. The lowest BCUT2D eigenvalue weighted by atomic mass is 9.97. The lowest BCUT2D eigenvalue weighted by Gasteiger charge is -2.31. The number of carbonyl (C=O) groups excluding carboxylic acids is 2. The molecule has 2 aliphatic rings. The minimum atomic E-state index is -3.86. The van der Waals surface area contributed by atoms with Gasteiger partial charge >= 0.3 is 6.03 Å². The van der Waals surface area contributed by atoms with Crippen molar-refractivity contribution in [3.8, 4) is 0 Å². The maximum atomic E-state index is 12.6. The number of nitrogens with two attached hydrogens (primary N) is 1. The van der Waals surface area contributed by atoms with Gasteiger partial charge in [0.15, 0.2) is 0 Å². The normalized spacial score (nSPS) is 17.1. The molecule has 2 aromatic rings. The molecule has 0 unspecified atom stereocenters. The van der Waals surface area contributed by atoms with E-state index in [1.54, 1.807) is 11.4 Å². The van der Waals surface area contributed by atoms with Crippen LogP contribution in [0.25, 0.3) is 0 Å². The molecule has 0 bridgehead atoms. The number of carbonyl (C=O) groups is 2. The highest BCUT2D eigenvalue weighted by molar-refractivity contribution is 7.89. The number of piperidine rings is 1. The number of anilines is 1. The molecule has 1 aliphatic carbocycles. The van der Waals surface area contributed by atoms with Gasteiger partial charge in [0.1, 0.15) is 5.69 Å². The maximum Gasteiger partial charge on any atom is 0.317 e. The van der Waals surface area contributed by atoms with Crippen LogP contribution in [0.15, 0.2) is 46.2 Å². The Morgan fingerprint density at radius 2 is 2.00 bits per heavy atom. The van der Waals surface area contributed by atoms with Crippen molar-refractivity contribution in [3.63, 3.8) is 0 Å². The molecule has 1 aromatic heterocycles. The molecule has 0 saturated carbocycles. The van der Waals surface area contributed by atoms with Gasteiger partial charge in [-0.15, -0.1) is 11.3 Å². The van der Waals surface area contributed by atoms with Gasteiger partial charge in [0.25, 0.3) is 5.91 Å². The second-order valence-electron chi connectivity index (χ2n) is 8.95. The van der Waals surface area contributed by atoms with Crippen LogP contribution in [0.4, 0.5) is 10.5 Å². The molecule has 35 heavy (non-hydrogen) atoms. The van der Waals surface area contributed by atoms with Crippen molar-refractivity contribution in [3.05, 3.63) is 52.0 Å². The topological polar surface area (TPSA) is 134 Å². The van der Waals surface area contributed by atoms with Gasteiger partial charge in [0.05, 0.1) is 9.90 Å². The fraction of sp³-hybridized carbons (Fsp3) is 0.458. The molecule has 1 fully saturated rings. The smallest absolute Gasteiger partial charge is 0.317 e. The van der Waals surface area contributed by atoms with Crippen LogP contribution in [0, 0.1) is 0 Å². The third-order valence-electron chi connectivity index (χ3n) is 6.41. The number of allylic oxidation sites excluding steroid dienone is 1. The number of urea groups is 1. The molecule has 1 saturated heterocycles. The minimum absolute atomic E-state index is 0.0132. The zero-order valence-corrected chi connectivity index (χ0v) is 21.2. The summed E-state index contributed by atoms with van der Waals surface area (Å²) < 4.78 is 23.1. The van der Waals surface area contributed by atoms with Gasteiger partial charge in [0, 0.05) is 36.6 Å². The molecule has 0 radical (unpaired) electrons. The monoisotopic (exact) mass is 517 g/mol. The number of sulfonamides is 1. The molecule has 1 aliphatic heterocycles. The first kappa shape index (κ1) is 25.3. The number of amides is 3. The average molecular weight is 518 g/mol. The Balaban J connectivity index is 1.25. The van der Waals surface area contributed by atoms with Crippen LogP contribution in [-0.2, 0) is 10.0 Å². The van der Waals surface area contributed by atoms with Gasteiger partial charge in [-0.2, -0.15) is 0 Å². The second kappa shape index (κ2) is 11.3. The number of aromatic nitrogens is 1. The summed E-state index contributed by atoms with van der Waals surface area (Å²) >= 11 is 1.43. The van der Waals surface area contributed by atoms with Gasteiger partial charge in [-0.3, -0.25) is 4.79 Å². The quantitative estimate of drug-likeness (QED) is 0.480. The van der Waals surface area contributed by atoms with Crippen molar-refractivity contribution >= 4 is 39.0 Å². The van der Waals surface area contributed by atoms with Crippen molar-refractivity contribution in [2.24, 2.45) is 5.14 Å². The van der Waals surface area contributed by atoms with E-state index in [1.165, 1.54) is 48.0 Å². The predicted molar refractivity (Wildman–Crippen MR) is 136 cm³/mol. The number of primary sulfonamides is 1. The van der Waals surface area contributed by atoms with Gasteiger partial charge in [0.2, 0.25) is 10.0 Å². The minimum Gasteiger partial charge on any atom is -0.338 e. The lowest BCUT2D eigenvalue weighted by Crippen LogP contribution is -2.44. The number of hydrogen-bond acceptors (Lipinski definition) is 6. The van der Waals surface area contributed by atoms with Crippen molar-refractivity contribution in [2.45, 2.75) is 55.8 Å². The number of nitrogens with one attached hydrogen (secondary N) is 2. The first-order valence-corrected chi connectivity index (χ1v) is 14.3. The first-order chi connectivity index (χ1) is 16.8. The summed E-state index contributed by atoms with van der Waals surface area (Å²) in [6, 6.07) is 5.77. The summed E-state index contributed by atoms with van der Waals surface area (Å²) in [7, 11) is -3.86. The van der Waals surface area contributed by atoms with Crippen LogP contribution in [-0.4, -0.2) is 49.9 Å². The summed E-state index contributed by atoms with van der Waals surface area (Å²) in [5.74, 6) is -0.215. The van der Waals surface area contributed by atoms with Gasteiger partial charge < -0.3 is 15.5 Å². The fourth-order valence-corrected chi connectivity index (χ4v) is 5.96. The van der Waals surface area contributed by atoms with E-state index >= 15 is 0 Å². The predicted octanol–water partition coefficient (Wildman–Crippen LogP) is 3.82. The second-order valence-corrected chi connectivity index (χ2v) is 11.4. The van der Waals surface area contributed by atoms with Crippen LogP contribution in [0.2, 0.25) is 0 Å². The van der Waals surface area contributed by atoms with E-state index in [0.29, 0.717) is 25.3 Å². The molecule has 2 heterocycles. The molecule has 4 N–H and O–H groups in total. The summed E-state index contributed by atoms with van der Waals surface area (Å²) in [6.07, 6.45) is 9.65. The fourth-order valence-electron chi connectivity index (χ4n) is 4.43. The van der Waals surface area contributed by atoms with E-state index in [2.05, 4.69) is 21.7 Å². The van der Waals surface area contributed by atoms with Crippen LogP contribution >= 0.6 is 11.3 Å². The summed E-state index contributed by atoms with van der Waals surface area (Å²) in [5.41, 5.74) is 2.06. The highest BCUT2D eigenvalue weighted by Crippen LogP contribution is 2.30. The summed E-state index contributed by atoms with van der Waals surface area (Å²) in [5, 5.41) is 13.4. The highest BCUT2D eigenvalue weighted by Gasteiger charge is 2.26. The number of nitrogens with zero attached hydrogens (tertiary/aromatic N) is 2. The van der Waals surface area contributed by atoms with Crippen molar-refractivity contribution in [1.82, 2.24) is 15.2 Å². The average Bonchev–Trinajstić information content (AvgIpc) is 3.35. The molecule has 3 amide bonds. The van der Waals surface area contributed by atoms with E-state index in [4.69, 9.17) is 5.14 Å². The third kappa shape index (κ3) is 6.89. The molecule has 0 atom stereocenters. The Morgan fingerprint density at radius 3 is 2.71 bits per heavy atom. The van der Waals surface area contributed by atoms with E-state index in [1.807, 2.05) is 4.90 Å². The maximum absolute atomic E-state index is 12.6. The van der Waals surface area contributed by atoms with E-state index in [0.717, 1.165) is 37.1 Å². The van der Waals surface area contributed by atoms with Gasteiger partial charge in [-0.25, -0.2) is 23.3 Å². The Kier molecular flexibility index (Phi) is 8.19. The van der Waals surface area contributed by atoms with Crippen LogP contribution in [0.3, 0.4) is 0 Å². The Morgan fingerprint density at radius 1 is 1.20 bits per heavy atom. The molecule has 4 rings (SSSR count). The van der Waals surface area contributed by atoms with Crippen LogP contribution in [0.1, 0.15) is 66.4 Å². The Hall–Kier alpha value is -2.76. The first-order valence-electron chi connectivity index (χ1n) is 11.9. The lowest BCUT2D eigenvalue weighted by molar-refractivity contribution is 0.102. The van der Waals surface area contributed by atoms with E-state index in [-0.39, 0.29) is 22.5 Å². The highest BCUT2D eigenvalue weighted by atomic mass is 32.2. The number of likely N-dealkylation sites (tertiary alicyclic amines) is 1. The number of rotatable bonds is 7. The van der Waals surface area contributed by atoms with Gasteiger partial charge in [-0.1, -0.05) is 17.7 Å². The van der Waals surface area contributed by atoms with E-state index in [9.17, 15) is 18.0 Å². The molecule has 1 aromatic carbocycles. The zero-order valence-electron chi connectivity index (χ0n) is 19.5. The van der Waals surface area contributed by atoms with Crippen molar-refractivity contribution < 1.29 is 18.0 Å². The van der Waals surface area contributed by atoms with E-state index < -0.39 is 15.9 Å². The molecular formula is C24H31N5O4S2. The number of hydrogen-bond donors (Lipinski definition) is 3. The molecule has 188 valence electrons. The Labute approximate surface area is 209 Å². The Bertz CT molecular complexity index is 1200. The largest absolute Gasteiger partial charge is 0.338 e. The SMILES string of the molecule is NS(=O)(=O)c1cccc(NC(=O)c2csc(C3CCN(C(=O)NCCC4=CCCCC4)CC3)n2)c1. The zero-order chi connectivity index (χ0) is 24.8. The van der Waals surface area contributed by atoms with Crippen molar-refractivity contribution in [2.75, 3.05) is 25.0 Å². The molecule has 0 spiro atoms.